The number of hydrogen-bond acceptors (Lipinski definition) is 6. The third kappa shape index (κ3) is 5.02. The number of anilines is 1. The van der Waals surface area contributed by atoms with Crippen LogP contribution in [0.25, 0.3) is 11.3 Å². The normalized spacial score (nSPS) is 10.7. The Balaban J connectivity index is 1.63. The van der Waals surface area contributed by atoms with E-state index in [1.807, 2.05) is 5.38 Å². The van der Waals surface area contributed by atoms with Crippen molar-refractivity contribution in [1.82, 2.24) is 4.98 Å². The van der Waals surface area contributed by atoms with Crippen LogP contribution in [0.4, 0.5) is 11.4 Å². The van der Waals surface area contributed by atoms with Crippen LogP contribution in [0, 0.1) is 17.0 Å². The molecule has 2 aromatic carbocycles. The van der Waals surface area contributed by atoms with Crippen LogP contribution in [0.2, 0.25) is 10.0 Å². The highest BCUT2D eigenvalue weighted by molar-refractivity contribution is 8.01. The van der Waals surface area contributed by atoms with E-state index in [4.69, 9.17) is 23.2 Å². The maximum Gasteiger partial charge on any atom is 0.271 e. The highest BCUT2D eigenvalue weighted by atomic mass is 35.5. The van der Waals surface area contributed by atoms with Crippen LogP contribution in [0.1, 0.15) is 5.56 Å². The number of carbonyl (C=O) groups is 1. The Bertz CT molecular complexity index is 1060. The number of non-ortho nitro benzene ring substituents is 1. The fourth-order valence-electron chi connectivity index (χ4n) is 2.32. The van der Waals surface area contributed by atoms with Gasteiger partial charge in [0.05, 0.1) is 27.1 Å². The van der Waals surface area contributed by atoms with E-state index in [1.165, 1.54) is 35.2 Å². The second-order valence-corrected chi connectivity index (χ2v) is 8.64. The SMILES string of the molecule is Cc1ccc([N+](=O)[O-])cc1NC(=O)CSc1nc(-c2ccc(Cl)cc2Cl)cs1. The number of benzene rings is 2. The van der Waals surface area contributed by atoms with Crippen molar-refractivity contribution in [1.29, 1.82) is 0 Å². The molecule has 0 bridgehead atoms. The van der Waals surface area contributed by atoms with Crippen LogP contribution in [-0.4, -0.2) is 21.6 Å². The molecular formula is C18H13Cl2N3O3S2. The number of halogens is 2. The summed E-state index contributed by atoms with van der Waals surface area (Å²) in [7, 11) is 0. The van der Waals surface area contributed by atoms with Crippen molar-refractivity contribution in [2.24, 2.45) is 0 Å². The minimum absolute atomic E-state index is 0.0713. The van der Waals surface area contributed by atoms with E-state index in [-0.39, 0.29) is 17.3 Å². The maximum absolute atomic E-state index is 12.2. The summed E-state index contributed by atoms with van der Waals surface area (Å²) in [4.78, 5) is 27.1. The van der Waals surface area contributed by atoms with Gasteiger partial charge in [0.1, 0.15) is 0 Å². The number of aryl methyl sites for hydroxylation is 1. The van der Waals surface area contributed by atoms with Crippen LogP contribution in [0.5, 0.6) is 0 Å². The highest BCUT2D eigenvalue weighted by Crippen LogP contribution is 2.33. The van der Waals surface area contributed by atoms with Gasteiger partial charge in [-0.05, 0) is 30.7 Å². The molecule has 0 aliphatic heterocycles. The van der Waals surface area contributed by atoms with Gasteiger partial charge in [-0.1, -0.05) is 41.0 Å². The number of thioether (sulfide) groups is 1. The van der Waals surface area contributed by atoms with E-state index in [2.05, 4.69) is 10.3 Å². The zero-order chi connectivity index (χ0) is 20.3. The Morgan fingerprint density at radius 1 is 1.29 bits per heavy atom. The Labute approximate surface area is 179 Å². The summed E-state index contributed by atoms with van der Waals surface area (Å²) in [6, 6.07) is 9.54. The van der Waals surface area contributed by atoms with Crippen molar-refractivity contribution in [2.45, 2.75) is 11.3 Å². The molecule has 0 unspecified atom stereocenters. The minimum atomic E-state index is -0.497. The van der Waals surface area contributed by atoms with Gasteiger partial charge in [-0.15, -0.1) is 11.3 Å². The molecule has 6 nitrogen and oxygen atoms in total. The van der Waals surface area contributed by atoms with E-state index in [1.54, 1.807) is 31.2 Å². The average molecular weight is 454 g/mol. The van der Waals surface area contributed by atoms with Gasteiger partial charge in [-0.3, -0.25) is 14.9 Å². The van der Waals surface area contributed by atoms with E-state index in [0.29, 0.717) is 25.8 Å². The number of carbonyl (C=O) groups excluding carboxylic acids is 1. The first-order valence-electron chi connectivity index (χ1n) is 7.92. The first-order chi connectivity index (χ1) is 13.3. The van der Waals surface area contributed by atoms with Gasteiger partial charge in [-0.25, -0.2) is 4.98 Å². The lowest BCUT2D eigenvalue weighted by Crippen LogP contribution is -2.15. The van der Waals surface area contributed by atoms with Gasteiger partial charge >= 0.3 is 0 Å². The maximum atomic E-state index is 12.2. The second kappa shape index (κ2) is 8.91. The molecule has 0 aliphatic rings. The van der Waals surface area contributed by atoms with Crippen molar-refractivity contribution < 1.29 is 9.72 Å². The van der Waals surface area contributed by atoms with Crippen LogP contribution in [-0.2, 0) is 4.79 Å². The van der Waals surface area contributed by atoms with Gasteiger partial charge < -0.3 is 5.32 Å². The molecule has 144 valence electrons. The van der Waals surface area contributed by atoms with Gasteiger partial charge in [0, 0.05) is 28.1 Å². The van der Waals surface area contributed by atoms with Gasteiger partial charge in [-0.2, -0.15) is 0 Å². The highest BCUT2D eigenvalue weighted by Gasteiger charge is 2.13. The minimum Gasteiger partial charge on any atom is -0.325 e. The van der Waals surface area contributed by atoms with Gasteiger partial charge in [0.25, 0.3) is 5.69 Å². The molecule has 0 spiro atoms. The van der Waals surface area contributed by atoms with Crippen LogP contribution < -0.4 is 5.32 Å². The van der Waals surface area contributed by atoms with Gasteiger partial charge in [0.15, 0.2) is 4.34 Å². The van der Waals surface area contributed by atoms with Crippen LogP contribution in [0.15, 0.2) is 46.1 Å². The van der Waals surface area contributed by atoms with E-state index in [0.717, 1.165) is 11.1 Å². The number of amides is 1. The summed E-state index contributed by atoms with van der Waals surface area (Å²) in [5, 5.41) is 16.5. The molecule has 3 aromatic rings. The zero-order valence-electron chi connectivity index (χ0n) is 14.4. The molecule has 1 heterocycles. The lowest BCUT2D eigenvalue weighted by Gasteiger charge is -2.07. The Hall–Kier alpha value is -2.13. The molecule has 1 N–H and O–H groups in total. The molecule has 0 saturated heterocycles. The molecule has 0 aliphatic carbocycles. The molecular weight excluding hydrogens is 441 g/mol. The summed E-state index contributed by atoms with van der Waals surface area (Å²) in [6.45, 7) is 1.77. The Morgan fingerprint density at radius 2 is 2.07 bits per heavy atom. The summed E-state index contributed by atoms with van der Waals surface area (Å²) in [5.74, 6) is -0.140. The number of nitro groups is 1. The van der Waals surface area contributed by atoms with E-state index in [9.17, 15) is 14.9 Å². The monoisotopic (exact) mass is 453 g/mol. The fraction of sp³-hybridized carbons (Fsp3) is 0.111. The standard InChI is InChI=1S/C18H13Cl2N3O3S2/c1-10-2-4-12(23(25)26)7-15(10)21-17(24)9-28-18-22-16(8-27-18)13-5-3-11(19)6-14(13)20/h2-8H,9H2,1H3,(H,21,24). The first kappa shape index (κ1) is 20.6. The molecule has 28 heavy (non-hydrogen) atoms. The van der Waals surface area contributed by atoms with E-state index < -0.39 is 4.92 Å². The predicted molar refractivity (Wildman–Crippen MR) is 115 cm³/mol. The van der Waals surface area contributed by atoms with Crippen LogP contribution in [0.3, 0.4) is 0 Å². The molecule has 10 heteroatoms. The van der Waals surface area contributed by atoms with Crippen molar-refractivity contribution in [3.63, 3.8) is 0 Å². The molecule has 0 radical (unpaired) electrons. The third-order valence-corrected chi connectivity index (χ3v) is 6.29. The van der Waals surface area contributed by atoms with Gasteiger partial charge in [0.2, 0.25) is 5.91 Å². The number of nitrogens with zero attached hydrogens (tertiary/aromatic N) is 2. The predicted octanol–water partition coefficient (Wildman–Crippen LogP) is 6.06. The number of aromatic nitrogens is 1. The zero-order valence-corrected chi connectivity index (χ0v) is 17.6. The van der Waals surface area contributed by atoms with Crippen molar-refractivity contribution in [2.75, 3.05) is 11.1 Å². The molecule has 0 fully saturated rings. The van der Waals surface area contributed by atoms with Crippen molar-refractivity contribution >= 4 is 63.6 Å². The number of hydrogen-bond donors (Lipinski definition) is 1. The number of nitro benzene ring substituents is 1. The molecule has 3 rings (SSSR count). The third-order valence-electron chi connectivity index (χ3n) is 3.72. The topological polar surface area (TPSA) is 85.1 Å². The van der Waals surface area contributed by atoms with Crippen molar-refractivity contribution in [3.05, 3.63) is 67.5 Å². The average Bonchev–Trinajstić information content (AvgIpc) is 3.10. The fourth-order valence-corrected chi connectivity index (χ4v) is 4.45. The molecule has 0 saturated carbocycles. The summed E-state index contributed by atoms with van der Waals surface area (Å²) in [6.07, 6.45) is 0. The largest absolute Gasteiger partial charge is 0.325 e. The number of nitrogens with one attached hydrogen (secondary N) is 1. The smallest absolute Gasteiger partial charge is 0.271 e. The summed E-state index contributed by atoms with van der Waals surface area (Å²) >= 11 is 14.8. The second-order valence-electron chi connectivity index (χ2n) is 5.72. The van der Waals surface area contributed by atoms with Crippen LogP contribution >= 0.6 is 46.3 Å². The Morgan fingerprint density at radius 3 is 2.79 bits per heavy atom. The van der Waals surface area contributed by atoms with E-state index >= 15 is 0 Å². The quantitative estimate of drug-likeness (QED) is 0.278. The molecule has 1 amide bonds. The summed E-state index contributed by atoms with van der Waals surface area (Å²) < 4.78 is 0.715. The number of rotatable bonds is 6. The molecule has 0 atom stereocenters. The number of thiazole rings is 1. The van der Waals surface area contributed by atoms with Crippen molar-refractivity contribution in [3.8, 4) is 11.3 Å². The molecule has 1 aromatic heterocycles. The lowest BCUT2D eigenvalue weighted by molar-refractivity contribution is -0.384. The lowest BCUT2D eigenvalue weighted by atomic mass is 10.2. The Kier molecular flexibility index (Phi) is 6.56. The first-order valence-corrected chi connectivity index (χ1v) is 10.5. The summed E-state index contributed by atoms with van der Waals surface area (Å²) in [5.41, 5.74) is 2.58.